The second-order valence-corrected chi connectivity index (χ2v) is 9.43. The van der Waals surface area contributed by atoms with Crippen molar-refractivity contribution in [1.82, 2.24) is 15.2 Å². The number of benzene rings is 1. The molecule has 2 atom stereocenters. The van der Waals surface area contributed by atoms with Crippen molar-refractivity contribution < 1.29 is 23.9 Å². The van der Waals surface area contributed by atoms with Crippen LogP contribution in [-0.4, -0.2) is 46.9 Å². The van der Waals surface area contributed by atoms with E-state index in [0.717, 1.165) is 21.8 Å². The van der Waals surface area contributed by atoms with E-state index in [1.165, 1.54) is 12.5 Å². The molecule has 3 rings (SSSR count). The van der Waals surface area contributed by atoms with E-state index in [1.54, 1.807) is 0 Å². The third kappa shape index (κ3) is 5.39. The number of esters is 1. The molecule has 0 bridgehead atoms. The van der Waals surface area contributed by atoms with Gasteiger partial charge in [0.05, 0.1) is 7.11 Å². The highest BCUT2D eigenvalue weighted by atomic mass is 32.1. The van der Waals surface area contributed by atoms with Crippen LogP contribution in [0, 0.1) is 5.92 Å². The van der Waals surface area contributed by atoms with Crippen LogP contribution in [0.15, 0.2) is 29.6 Å². The van der Waals surface area contributed by atoms with Crippen molar-refractivity contribution in [2.75, 3.05) is 12.4 Å². The minimum Gasteiger partial charge on any atom is -0.464 e. The fraction of sp³-hybridized carbons (Fsp3) is 0.435. The number of hydrogen-bond donors (Lipinski definition) is 2. The molecular weight excluding hydrogens is 444 g/mol. The monoisotopic (exact) mass is 472 g/mol. The van der Waals surface area contributed by atoms with Crippen molar-refractivity contribution in [2.24, 2.45) is 5.92 Å². The maximum Gasteiger partial charge on any atom is 0.357 e. The molecule has 33 heavy (non-hydrogen) atoms. The van der Waals surface area contributed by atoms with Crippen molar-refractivity contribution in [2.45, 2.75) is 52.1 Å². The lowest BCUT2D eigenvalue weighted by atomic mass is 9.98. The smallest absolute Gasteiger partial charge is 0.357 e. The number of imide groups is 1. The Labute approximate surface area is 196 Å². The molecule has 0 aliphatic carbocycles. The van der Waals surface area contributed by atoms with Crippen LogP contribution < -0.4 is 10.6 Å². The number of hydrogen-bond acceptors (Lipinski definition) is 7. The van der Waals surface area contributed by atoms with Gasteiger partial charge >= 0.3 is 12.0 Å². The predicted molar refractivity (Wildman–Crippen MR) is 124 cm³/mol. The number of methoxy groups -OCH3 is 1. The van der Waals surface area contributed by atoms with E-state index in [-0.39, 0.29) is 23.2 Å². The summed E-state index contributed by atoms with van der Waals surface area (Å²) in [5, 5.41) is 6.97. The Hall–Kier alpha value is -3.27. The summed E-state index contributed by atoms with van der Waals surface area (Å²) in [6.07, 6.45) is 0.277. The molecule has 2 heterocycles. The third-order valence-electron chi connectivity index (χ3n) is 5.35. The quantitative estimate of drug-likeness (QED) is 0.447. The van der Waals surface area contributed by atoms with Crippen molar-refractivity contribution in [3.05, 3.63) is 46.5 Å². The Bertz CT molecular complexity index is 1050. The second-order valence-electron chi connectivity index (χ2n) is 8.58. The van der Waals surface area contributed by atoms with Gasteiger partial charge in [-0.2, -0.15) is 0 Å². The zero-order chi connectivity index (χ0) is 24.3. The summed E-state index contributed by atoms with van der Waals surface area (Å²) < 4.78 is 4.62. The van der Waals surface area contributed by atoms with Gasteiger partial charge in [-0.05, 0) is 29.4 Å². The van der Waals surface area contributed by atoms with Crippen molar-refractivity contribution in [3.8, 4) is 0 Å². The van der Waals surface area contributed by atoms with Gasteiger partial charge in [0.15, 0.2) is 10.8 Å². The first-order chi connectivity index (χ1) is 15.6. The number of carbonyl (C=O) groups excluding carboxylic acids is 4. The lowest BCUT2D eigenvalue weighted by molar-refractivity contribution is -0.134. The molecule has 1 aromatic heterocycles. The zero-order valence-electron chi connectivity index (χ0n) is 19.2. The van der Waals surface area contributed by atoms with Gasteiger partial charge in [-0.25, -0.2) is 19.5 Å². The molecule has 1 fully saturated rings. The van der Waals surface area contributed by atoms with Gasteiger partial charge in [-0.1, -0.05) is 52.0 Å². The lowest BCUT2D eigenvalue weighted by Gasteiger charge is -2.25. The van der Waals surface area contributed by atoms with Gasteiger partial charge in [0.1, 0.15) is 12.1 Å². The molecular formula is C23H28N4O5S. The first-order valence-corrected chi connectivity index (χ1v) is 11.6. The van der Waals surface area contributed by atoms with Crippen LogP contribution >= 0.6 is 11.3 Å². The molecule has 9 nitrogen and oxygen atoms in total. The van der Waals surface area contributed by atoms with Gasteiger partial charge in [-0.15, -0.1) is 11.3 Å². The predicted octanol–water partition coefficient (Wildman–Crippen LogP) is 3.70. The number of aromatic nitrogens is 1. The van der Waals surface area contributed by atoms with Gasteiger partial charge in [-0.3, -0.25) is 9.59 Å². The summed E-state index contributed by atoms with van der Waals surface area (Å²) in [6.45, 7) is 7.95. The summed E-state index contributed by atoms with van der Waals surface area (Å²) in [7, 11) is 1.24. The average Bonchev–Trinajstić information content (AvgIpc) is 3.35. The van der Waals surface area contributed by atoms with E-state index in [0.29, 0.717) is 11.5 Å². The molecule has 176 valence electrons. The van der Waals surface area contributed by atoms with E-state index < -0.39 is 35.9 Å². The normalized spacial score (nSPS) is 16.8. The highest BCUT2D eigenvalue weighted by molar-refractivity contribution is 7.14. The molecule has 0 saturated carbocycles. The van der Waals surface area contributed by atoms with Gasteiger partial charge in [0.2, 0.25) is 5.91 Å². The number of amides is 4. The molecule has 1 aromatic carbocycles. The number of nitrogens with zero attached hydrogens (tertiary/aromatic N) is 2. The van der Waals surface area contributed by atoms with E-state index in [1.807, 2.05) is 38.1 Å². The molecule has 2 unspecified atom stereocenters. The number of rotatable bonds is 8. The second kappa shape index (κ2) is 10.1. The molecule has 1 aliphatic rings. The summed E-state index contributed by atoms with van der Waals surface area (Å²) in [5.74, 6) is -1.27. The van der Waals surface area contributed by atoms with Crippen molar-refractivity contribution >= 4 is 40.3 Å². The molecule has 2 aromatic rings. The van der Waals surface area contributed by atoms with E-state index in [4.69, 9.17) is 0 Å². The highest BCUT2D eigenvalue weighted by Crippen LogP contribution is 2.28. The van der Waals surface area contributed by atoms with E-state index in [2.05, 4.69) is 34.2 Å². The molecule has 2 N–H and O–H groups in total. The van der Waals surface area contributed by atoms with Crippen LogP contribution in [-0.2, 0) is 14.3 Å². The number of anilines is 1. The Morgan fingerprint density at radius 3 is 2.42 bits per heavy atom. The standard InChI is InChI=1S/C23H28N4O5S/c1-12(2)10-17(19(28)26-22-24-16(11-33-22)21(30)32-5)27-20(29)18(25-23(27)31)15-8-6-14(7-9-15)13(3)4/h6-9,11-13,17-18H,10H2,1-5H3,(H,25,31)(H,24,26,28). The third-order valence-corrected chi connectivity index (χ3v) is 6.10. The molecule has 1 saturated heterocycles. The zero-order valence-corrected chi connectivity index (χ0v) is 20.1. The minimum absolute atomic E-state index is 0.0349. The highest BCUT2D eigenvalue weighted by Gasteiger charge is 2.45. The molecule has 10 heteroatoms. The van der Waals surface area contributed by atoms with Crippen molar-refractivity contribution in [3.63, 3.8) is 0 Å². The average molecular weight is 473 g/mol. The van der Waals surface area contributed by atoms with Crippen LogP contribution in [0.2, 0.25) is 0 Å². The molecule has 0 spiro atoms. The Kier molecular flexibility index (Phi) is 7.47. The Morgan fingerprint density at radius 1 is 1.18 bits per heavy atom. The topological polar surface area (TPSA) is 118 Å². The maximum atomic E-state index is 13.2. The fourth-order valence-electron chi connectivity index (χ4n) is 3.58. The summed E-state index contributed by atoms with van der Waals surface area (Å²) in [6, 6.07) is 5.01. The van der Waals surface area contributed by atoms with Crippen LogP contribution in [0.1, 0.15) is 67.7 Å². The maximum absolute atomic E-state index is 13.2. The summed E-state index contributed by atoms with van der Waals surface area (Å²) in [5.41, 5.74) is 1.85. The van der Waals surface area contributed by atoms with Gasteiger partial charge < -0.3 is 15.4 Å². The van der Waals surface area contributed by atoms with E-state index in [9.17, 15) is 19.2 Å². The first-order valence-electron chi connectivity index (χ1n) is 10.7. The Balaban J connectivity index is 1.81. The Morgan fingerprint density at radius 2 is 1.85 bits per heavy atom. The van der Waals surface area contributed by atoms with Crippen LogP contribution in [0.25, 0.3) is 0 Å². The summed E-state index contributed by atoms with van der Waals surface area (Å²) in [4.78, 5) is 55.8. The largest absolute Gasteiger partial charge is 0.464 e. The van der Waals surface area contributed by atoms with Crippen LogP contribution in [0.4, 0.5) is 9.93 Å². The molecule has 4 amide bonds. The van der Waals surface area contributed by atoms with Gasteiger partial charge in [0, 0.05) is 5.38 Å². The minimum atomic E-state index is -1.03. The van der Waals surface area contributed by atoms with Gasteiger partial charge in [0.25, 0.3) is 5.91 Å². The molecule has 0 radical (unpaired) electrons. The number of urea groups is 1. The van der Waals surface area contributed by atoms with E-state index >= 15 is 0 Å². The number of carbonyl (C=O) groups is 4. The van der Waals surface area contributed by atoms with Crippen molar-refractivity contribution in [1.29, 1.82) is 0 Å². The number of thiazole rings is 1. The SMILES string of the molecule is COC(=O)c1csc(NC(=O)C(CC(C)C)N2C(=O)NC(c3ccc(C(C)C)cc3)C2=O)n1. The van der Waals surface area contributed by atoms with Crippen LogP contribution in [0.5, 0.6) is 0 Å². The van der Waals surface area contributed by atoms with Crippen LogP contribution in [0.3, 0.4) is 0 Å². The first kappa shape index (κ1) is 24.4. The number of nitrogens with one attached hydrogen (secondary N) is 2. The molecule has 1 aliphatic heterocycles. The fourth-order valence-corrected chi connectivity index (χ4v) is 4.27. The lowest BCUT2D eigenvalue weighted by Crippen LogP contribution is -2.48. The number of ether oxygens (including phenoxy) is 1. The summed E-state index contributed by atoms with van der Waals surface area (Å²) >= 11 is 1.06.